The Hall–Kier alpha value is -0.850. The van der Waals surface area contributed by atoms with Crippen LogP contribution in [0.25, 0.3) is 0 Å². The zero-order valence-electron chi connectivity index (χ0n) is 55.2. The minimum Gasteiger partial charge on any atom is -0.202 e. The number of pyridine rings is 1. The predicted molar refractivity (Wildman–Crippen MR) is 356 cm³/mol. The Morgan fingerprint density at radius 1 is 0.205 bits per heavy atom. The molecule has 0 atom stereocenters. The summed E-state index contributed by atoms with van der Waals surface area (Å²) in [5.74, 6) is 0. The molecule has 1 rings (SSSR count). The van der Waals surface area contributed by atoms with Crippen LogP contribution in [0.4, 0.5) is 0 Å². The van der Waals surface area contributed by atoms with Gasteiger partial charge in [-0.1, -0.05) is 407 Å². The van der Waals surface area contributed by atoms with E-state index in [-0.39, 0.29) is 0 Å². The zero-order chi connectivity index (χ0) is 55.8. The Balaban J connectivity index is 2.75. The first kappa shape index (κ1) is 75.2. The van der Waals surface area contributed by atoms with Gasteiger partial charge >= 0.3 is 0 Å². The Morgan fingerprint density at radius 3 is 0.641 bits per heavy atom. The molecule has 0 aliphatic carbocycles. The molecule has 1 aromatic heterocycles. The van der Waals surface area contributed by atoms with E-state index in [2.05, 4.69) is 44.5 Å². The molecule has 462 valence electrons. The molecule has 0 radical (unpaired) electrons. The second-order valence-corrected chi connectivity index (χ2v) is 26.4. The van der Waals surface area contributed by atoms with E-state index in [4.69, 9.17) is 0 Å². The van der Waals surface area contributed by atoms with Crippen LogP contribution in [-0.4, -0.2) is 0 Å². The SMILES string of the molecule is CCCCCCCCCCCCCCCCCCc1cc[n+](CCCCCCCCCCCCCCCCCC)c(CCCCCCCCCCCCCCCCCC)c1CCCCCCCCCCCCCCCCCC. The van der Waals surface area contributed by atoms with E-state index < -0.39 is 0 Å². The summed E-state index contributed by atoms with van der Waals surface area (Å²) in [6.07, 6.45) is 99.6. The number of nitrogens with zero attached hydrogens (tertiary/aromatic N) is 1. The molecule has 0 spiro atoms. The highest BCUT2D eigenvalue weighted by Crippen LogP contribution is 2.24. The summed E-state index contributed by atoms with van der Waals surface area (Å²) in [7, 11) is 0. The van der Waals surface area contributed by atoms with Crippen molar-refractivity contribution in [2.75, 3.05) is 0 Å². The quantitative estimate of drug-likeness (QED) is 0.0452. The van der Waals surface area contributed by atoms with Gasteiger partial charge < -0.3 is 0 Å². The van der Waals surface area contributed by atoms with Crippen LogP contribution in [0.5, 0.6) is 0 Å². The average molecular weight is 1090 g/mol. The van der Waals surface area contributed by atoms with Gasteiger partial charge in [0.2, 0.25) is 0 Å². The van der Waals surface area contributed by atoms with E-state index in [9.17, 15) is 0 Å². The van der Waals surface area contributed by atoms with Crippen molar-refractivity contribution in [3.05, 3.63) is 29.1 Å². The van der Waals surface area contributed by atoms with Gasteiger partial charge in [-0.2, -0.15) is 0 Å². The van der Waals surface area contributed by atoms with Gasteiger partial charge in [0.25, 0.3) is 0 Å². The van der Waals surface area contributed by atoms with Gasteiger partial charge in [-0.05, 0) is 44.1 Å². The number of aryl methyl sites for hydroxylation is 2. The lowest BCUT2D eigenvalue weighted by Gasteiger charge is -2.15. The number of rotatable bonds is 68. The largest absolute Gasteiger partial charge is 0.202 e. The van der Waals surface area contributed by atoms with E-state index >= 15 is 0 Å². The summed E-state index contributed by atoms with van der Waals surface area (Å²) < 4.78 is 2.81. The van der Waals surface area contributed by atoms with Crippen molar-refractivity contribution in [3.63, 3.8) is 0 Å². The van der Waals surface area contributed by atoms with E-state index in [1.54, 1.807) is 11.3 Å². The maximum Gasteiger partial charge on any atom is 0.184 e. The van der Waals surface area contributed by atoms with Crippen molar-refractivity contribution in [2.24, 2.45) is 0 Å². The predicted octanol–water partition coefficient (Wildman–Crippen LogP) is 27.6. The minimum atomic E-state index is 1.25. The molecule has 1 heteroatoms. The lowest BCUT2D eigenvalue weighted by Crippen LogP contribution is -2.40. The van der Waals surface area contributed by atoms with Gasteiger partial charge in [-0.3, -0.25) is 0 Å². The van der Waals surface area contributed by atoms with Gasteiger partial charge in [0.05, 0.1) is 0 Å². The molecule has 0 fully saturated rings. The Kier molecular flexibility index (Phi) is 62.9. The Bertz CT molecular complexity index is 1150. The average Bonchev–Trinajstić information content (AvgIpc) is 3.45. The van der Waals surface area contributed by atoms with Crippen molar-refractivity contribution in [1.29, 1.82) is 0 Å². The highest BCUT2D eigenvalue weighted by molar-refractivity contribution is 5.28. The zero-order valence-corrected chi connectivity index (χ0v) is 55.2. The van der Waals surface area contributed by atoms with Crippen LogP contribution >= 0.6 is 0 Å². The smallest absolute Gasteiger partial charge is 0.184 e. The van der Waals surface area contributed by atoms with Gasteiger partial charge in [-0.15, -0.1) is 0 Å². The van der Waals surface area contributed by atoms with Crippen LogP contribution < -0.4 is 4.57 Å². The molecule has 0 aliphatic rings. The van der Waals surface area contributed by atoms with Crippen molar-refractivity contribution >= 4 is 0 Å². The van der Waals surface area contributed by atoms with Crippen LogP contribution in [0.3, 0.4) is 0 Å². The van der Waals surface area contributed by atoms with E-state index in [0.29, 0.717) is 0 Å². The van der Waals surface area contributed by atoms with Crippen molar-refractivity contribution in [2.45, 2.75) is 464 Å². The summed E-state index contributed by atoms with van der Waals surface area (Å²) in [5.41, 5.74) is 5.34. The van der Waals surface area contributed by atoms with Gasteiger partial charge in [-0.25, -0.2) is 4.57 Å². The highest BCUT2D eigenvalue weighted by atomic mass is 15.0. The van der Waals surface area contributed by atoms with Crippen LogP contribution in [-0.2, 0) is 25.8 Å². The molecule has 78 heavy (non-hydrogen) atoms. The van der Waals surface area contributed by atoms with E-state index in [1.807, 2.05) is 5.56 Å². The lowest BCUT2D eigenvalue weighted by molar-refractivity contribution is -0.705. The first-order chi connectivity index (χ1) is 38.8. The number of unbranched alkanes of at least 4 members (excludes halogenated alkanes) is 60. The molecule has 0 aromatic carbocycles. The third kappa shape index (κ3) is 53.2. The van der Waals surface area contributed by atoms with Gasteiger partial charge in [0.1, 0.15) is 6.54 Å². The number of aromatic nitrogens is 1. The molecule has 0 saturated heterocycles. The first-order valence-corrected chi connectivity index (χ1v) is 37.8. The third-order valence-electron chi connectivity index (χ3n) is 18.6. The maximum absolute atomic E-state index is 2.81. The lowest BCUT2D eigenvalue weighted by atomic mass is 9.92. The fourth-order valence-electron chi connectivity index (χ4n) is 13.2. The second-order valence-electron chi connectivity index (χ2n) is 26.4. The second kappa shape index (κ2) is 65.3. The van der Waals surface area contributed by atoms with Crippen LogP contribution in [0, 0.1) is 0 Å². The summed E-state index contributed by atoms with van der Waals surface area (Å²) in [6, 6.07) is 2.64. The van der Waals surface area contributed by atoms with Gasteiger partial charge in [0, 0.05) is 24.5 Å². The summed E-state index contributed by atoms with van der Waals surface area (Å²) in [4.78, 5) is 0. The maximum atomic E-state index is 2.81. The molecular formula is C77H150N+. The topological polar surface area (TPSA) is 3.88 Å². The summed E-state index contributed by atoms with van der Waals surface area (Å²) in [5, 5.41) is 0. The third-order valence-corrected chi connectivity index (χ3v) is 18.6. The fraction of sp³-hybridized carbons (Fsp3) is 0.935. The van der Waals surface area contributed by atoms with Crippen molar-refractivity contribution in [3.8, 4) is 0 Å². The molecular weight excluding hydrogens is 939 g/mol. The number of hydrogen-bond donors (Lipinski definition) is 0. The fourth-order valence-corrected chi connectivity index (χ4v) is 13.2. The van der Waals surface area contributed by atoms with Crippen LogP contribution in [0.2, 0.25) is 0 Å². The van der Waals surface area contributed by atoms with Crippen molar-refractivity contribution in [1.82, 2.24) is 0 Å². The molecule has 0 N–H and O–H groups in total. The highest BCUT2D eigenvalue weighted by Gasteiger charge is 2.20. The van der Waals surface area contributed by atoms with Crippen LogP contribution in [0.15, 0.2) is 12.3 Å². The van der Waals surface area contributed by atoms with Gasteiger partial charge in [0.15, 0.2) is 11.9 Å². The molecule has 1 nitrogen and oxygen atoms in total. The first-order valence-electron chi connectivity index (χ1n) is 37.8. The van der Waals surface area contributed by atoms with E-state index in [1.165, 1.54) is 437 Å². The van der Waals surface area contributed by atoms with Crippen LogP contribution in [0.1, 0.15) is 455 Å². The molecule has 1 heterocycles. The normalized spacial score (nSPS) is 11.7. The molecule has 0 aliphatic heterocycles. The Labute approximate surface area is 495 Å². The molecule has 0 unspecified atom stereocenters. The summed E-state index contributed by atoms with van der Waals surface area (Å²) >= 11 is 0. The molecule has 1 aromatic rings. The molecule has 0 bridgehead atoms. The minimum absolute atomic E-state index is 1.25. The Morgan fingerprint density at radius 2 is 0.397 bits per heavy atom. The summed E-state index contributed by atoms with van der Waals surface area (Å²) in [6.45, 7) is 10.6. The monoisotopic (exact) mass is 1090 g/mol. The number of hydrogen-bond acceptors (Lipinski definition) is 0. The van der Waals surface area contributed by atoms with E-state index in [0.717, 1.165) is 0 Å². The molecule has 0 saturated carbocycles. The van der Waals surface area contributed by atoms with Crippen molar-refractivity contribution < 1.29 is 4.57 Å². The molecule has 0 amide bonds. The standard InChI is InChI=1S/C77H150N/c1-5-9-13-17-21-25-29-33-37-41-45-49-53-57-61-65-69-75-72-74-78(73-68-64-60-56-52-48-44-40-36-32-28-24-20-16-12-8-4)77(71-67-63-59-55-51-47-43-39-35-31-27-23-19-15-11-7-3)76(75)70-66-62-58-54-50-46-42-38-34-30-26-22-18-14-10-6-2/h72,74H,5-71,73H2,1-4H3/q+1.